The molecule has 1 spiro atoms. The van der Waals surface area contributed by atoms with Gasteiger partial charge >= 0.3 is 0 Å². The number of amides is 1. The lowest BCUT2D eigenvalue weighted by Crippen LogP contribution is -2.50. The lowest BCUT2D eigenvalue weighted by molar-refractivity contribution is -0.140. The summed E-state index contributed by atoms with van der Waals surface area (Å²) in [5.41, 5.74) is 0.441. The van der Waals surface area contributed by atoms with E-state index in [2.05, 4.69) is 5.92 Å². The third-order valence-electron chi connectivity index (χ3n) is 6.63. The Hall–Kier alpha value is -2.98. The zero-order valence-electron chi connectivity index (χ0n) is 16.8. The largest absolute Gasteiger partial charge is 0.371 e. The number of hydrogen-bond donors (Lipinski definition) is 0. The zero-order valence-corrected chi connectivity index (χ0v) is 16.8. The number of anilines is 1. The minimum atomic E-state index is -0.941. The zero-order chi connectivity index (χ0) is 21.8. The topological polar surface area (TPSA) is 32.8 Å². The van der Waals surface area contributed by atoms with Crippen LogP contribution in [-0.2, 0) is 9.53 Å². The third kappa shape index (κ3) is 3.26. The summed E-state index contributed by atoms with van der Waals surface area (Å²) in [5.74, 6) is 0.425. The Balaban J connectivity index is 1.33. The van der Waals surface area contributed by atoms with Gasteiger partial charge in [0.15, 0.2) is 5.60 Å². The second-order valence-corrected chi connectivity index (χ2v) is 8.37. The van der Waals surface area contributed by atoms with E-state index in [1.807, 2.05) is 4.90 Å². The van der Waals surface area contributed by atoms with Gasteiger partial charge in [-0.25, -0.2) is 13.2 Å². The van der Waals surface area contributed by atoms with Crippen molar-refractivity contribution in [3.05, 3.63) is 65.0 Å². The van der Waals surface area contributed by atoms with Gasteiger partial charge in [0.05, 0.1) is 11.6 Å². The van der Waals surface area contributed by atoms with Gasteiger partial charge in [0, 0.05) is 37.7 Å². The van der Waals surface area contributed by atoms with E-state index in [1.54, 1.807) is 17.0 Å². The lowest BCUT2D eigenvalue weighted by Gasteiger charge is -2.38. The maximum atomic E-state index is 14.1. The molecule has 1 amide bonds. The van der Waals surface area contributed by atoms with E-state index < -0.39 is 29.1 Å². The SMILES string of the molecule is C#Cc1ccc(N2CCC3(CC2)O[C@@H]2CC[C@@H](c4cc(F)cc(F)c4)N2C3=O)cc1F. The maximum absolute atomic E-state index is 14.1. The summed E-state index contributed by atoms with van der Waals surface area (Å²) in [6.45, 7) is 1.06. The Morgan fingerprint density at radius 1 is 1.03 bits per heavy atom. The number of benzene rings is 2. The number of hydrogen-bond acceptors (Lipinski definition) is 3. The van der Waals surface area contributed by atoms with Gasteiger partial charge in [0.25, 0.3) is 5.91 Å². The average molecular weight is 426 g/mol. The first kappa shape index (κ1) is 20.0. The second kappa shape index (κ2) is 7.31. The van der Waals surface area contributed by atoms with Crippen molar-refractivity contribution in [3.8, 4) is 12.3 Å². The number of fused-ring (bicyclic) bond motifs is 1. The van der Waals surface area contributed by atoms with Gasteiger partial charge in [0.1, 0.15) is 23.7 Å². The minimum Gasteiger partial charge on any atom is -0.371 e. The first-order valence-corrected chi connectivity index (χ1v) is 10.4. The molecule has 0 unspecified atom stereocenters. The fourth-order valence-electron chi connectivity index (χ4n) is 5.08. The van der Waals surface area contributed by atoms with Crippen molar-refractivity contribution in [2.24, 2.45) is 0 Å². The normalized spacial score (nSPS) is 24.5. The van der Waals surface area contributed by atoms with Crippen LogP contribution >= 0.6 is 0 Å². The van der Waals surface area contributed by atoms with E-state index in [-0.39, 0.29) is 17.7 Å². The minimum absolute atomic E-state index is 0.127. The van der Waals surface area contributed by atoms with Crippen LogP contribution in [0.1, 0.15) is 42.9 Å². The van der Waals surface area contributed by atoms with E-state index in [0.29, 0.717) is 50.0 Å². The van der Waals surface area contributed by atoms with Gasteiger partial charge in [-0.05, 0) is 48.7 Å². The summed E-state index contributed by atoms with van der Waals surface area (Å²) >= 11 is 0. The van der Waals surface area contributed by atoms with Crippen LogP contribution in [0.25, 0.3) is 0 Å². The highest BCUT2D eigenvalue weighted by Gasteiger charge is 2.58. The Labute approximate surface area is 178 Å². The summed E-state index contributed by atoms with van der Waals surface area (Å²) in [6, 6.07) is 7.76. The van der Waals surface area contributed by atoms with Crippen molar-refractivity contribution in [1.29, 1.82) is 0 Å². The molecule has 2 aromatic carbocycles. The van der Waals surface area contributed by atoms with E-state index >= 15 is 0 Å². The molecular formula is C24H21F3N2O2. The lowest BCUT2D eigenvalue weighted by atomic mass is 9.89. The number of carbonyl (C=O) groups is 1. The van der Waals surface area contributed by atoms with E-state index in [9.17, 15) is 18.0 Å². The molecule has 2 atom stereocenters. The van der Waals surface area contributed by atoms with Crippen molar-refractivity contribution >= 4 is 11.6 Å². The summed E-state index contributed by atoms with van der Waals surface area (Å²) in [7, 11) is 0. The van der Waals surface area contributed by atoms with Crippen LogP contribution in [0.4, 0.5) is 18.9 Å². The van der Waals surface area contributed by atoms with Gasteiger partial charge in [0.2, 0.25) is 0 Å². The highest BCUT2D eigenvalue weighted by molar-refractivity contribution is 5.88. The van der Waals surface area contributed by atoms with Crippen molar-refractivity contribution in [3.63, 3.8) is 0 Å². The quantitative estimate of drug-likeness (QED) is 0.677. The van der Waals surface area contributed by atoms with Crippen molar-refractivity contribution in [2.75, 3.05) is 18.0 Å². The Kier molecular flexibility index (Phi) is 4.71. The molecule has 7 heteroatoms. The molecule has 0 saturated carbocycles. The smallest absolute Gasteiger partial charge is 0.257 e. The molecule has 3 saturated heterocycles. The molecule has 0 aliphatic carbocycles. The Bertz CT molecular complexity index is 1070. The molecular weight excluding hydrogens is 405 g/mol. The van der Waals surface area contributed by atoms with E-state index in [4.69, 9.17) is 11.2 Å². The summed E-state index contributed by atoms with van der Waals surface area (Å²) in [4.78, 5) is 17.1. The number of rotatable bonds is 2. The fraction of sp³-hybridized carbons (Fsp3) is 0.375. The van der Waals surface area contributed by atoms with Crippen molar-refractivity contribution in [2.45, 2.75) is 43.6 Å². The molecule has 31 heavy (non-hydrogen) atoms. The van der Waals surface area contributed by atoms with Gasteiger partial charge in [-0.1, -0.05) is 5.92 Å². The summed E-state index contributed by atoms with van der Waals surface area (Å²) < 4.78 is 47.8. The molecule has 0 bridgehead atoms. The predicted molar refractivity (Wildman–Crippen MR) is 109 cm³/mol. The first-order chi connectivity index (χ1) is 14.9. The molecule has 160 valence electrons. The Morgan fingerprint density at radius 3 is 2.39 bits per heavy atom. The van der Waals surface area contributed by atoms with Crippen LogP contribution in [-0.4, -0.2) is 35.7 Å². The monoisotopic (exact) mass is 426 g/mol. The molecule has 3 fully saturated rings. The molecule has 3 aliphatic heterocycles. The average Bonchev–Trinajstić information content (AvgIpc) is 3.26. The molecule has 4 nitrogen and oxygen atoms in total. The number of carbonyl (C=O) groups excluding carboxylic acids is 1. The third-order valence-corrected chi connectivity index (χ3v) is 6.63. The van der Waals surface area contributed by atoms with E-state index in [1.165, 1.54) is 18.2 Å². The van der Waals surface area contributed by atoms with Crippen LogP contribution < -0.4 is 4.90 Å². The van der Waals surface area contributed by atoms with Gasteiger partial charge in [-0.2, -0.15) is 0 Å². The van der Waals surface area contributed by atoms with Crippen LogP contribution in [0.2, 0.25) is 0 Å². The van der Waals surface area contributed by atoms with Gasteiger partial charge < -0.3 is 14.5 Å². The number of piperidine rings is 1. The van der Waals surface area contributed by atoms with Crippen LogP contribution in [0.3, 0.4) is 0 Å². The van der Waals surface area contributed by atoms with Gasteiger partial charge in [-0.15, -0.1) is 6.42 Å². The molecule has 0 aromatic heterocycles. The number of nitrogens with zero attached hydrogens (tertiary/aromatic N) is 2. The van der Waals surface area contributed by atoms with E-state index in [0.717, 1.165) is 6.07 Å². The number of terminal acetylenes is 1. The summed E-state index contributed by atoms with van der Waals surface area (Å²) in [6.07, 6.45) is 7.04. The molecule has 0 radical (unpaired) electrons. The molecule has 3 aliphatic rings. The molecule has 2 aromatic rings. The highest BCUT2D eigenvalue weighted by Crippen LogP contribution is 2.48. The summed E-state index contributed by atoms with van der Waals surface area (Å²) in [5, 5.41) is 0. The van der Waals surface area contributed by atoms with Crippen molar-refractivity contribution < 1.29 is 22.7 Å². The maximum Gasteiger partial charge on any atom is 0.257 e. The van der Waals surface area contributed by atoms with Gasteiger partial charge in [-0.3, -0.25) is 4.79 Å². The highest BCUT2D eigenvalue weighted by atomic mass is 19.1. The number of ether oxygens (including phenoxy) is 1. The standard InChI is InChI=1S/C24H21F3N2O2/c1-2-15-3-4-19(14-20(15)27)28-9-7-24(8-10-28)23(30)29-21(5-6-22(29)31-24)16-11-17(25)13-18(26)12-16/h1,3-4,11-14,21-22H,5-10H2/t21-,22+/m0/s1. The molecule has 3 heterocycles. The van der Waals surface area contributed by atoms with Crippen LogP contribution in [0.15, 0.2) is 36.4 Å². The van der Waals surface area contributed by atoms with Crippen molar-refractivity contribution in [1.82, 2.24) is 4.90 Å². The van der Waals surface area contributed by atoms with Crippen LogP contribution in [0.5, 0.6) is 0 Å². The second-order valence-electron chi connectivity index (χ2n) is 8.37. The molecule has 0 N–H and O–H groups in total. The fourth-order valence-corrected chi connectivity index (χ4v) is 5.08. The first-order valence-electron chi connectivity index (χ1n) is 10.4. The Morgan fingerprint density at radius 2 is 1.74 bits per heavy atom. The number of halogens is 3. The molecule has 5 rings (SSSR count). The van der Waals surface area contributed by atoms with Crippen LogP contribution in [0, 0.1) is 29.8 Å². The predicted octanol–water partition coefficient (Wildman–Crippen LogP) is 4.14.